The van der Waals surface area contributed by atoms with E-state index in [0.717, 1.165) is 10.9 Å². The van der Waals surface area contributed by atoms with Crippen LogP contribution in [0, 0.1) is 0 Å². The Balaban J connectivity index is 1.57. The number of anilines is 1. The number of nitrogens with one attached hydrogen (secondary N) is 1. The zero-order valence-electron chi connectivity index (χ0n) is 14.7. The monoisotopic (exact) mass is 411 g/mol. The van der Waals surface area contributed by atoms with Gasteiger partial charge in [0.25, 0.3) is 0 Å². The van der Waals surface area contributed by atoms with E-state index in [4.69, 9.17) is 20.8 Å². The van der Waals surface area contributed by atoms with Crippen LogP contribution in [0.25, 0.3) is 22.2 Å². The molecule has 2 aromatic heterocycles. The Bertz CT molecular complexity index is 1220. The topological polar surface area (TPSA) is 76.7 Å². The fourth-order valence-corrected chi connectivity index (χ4v) is 3.35. The fraction of sp³-hybridized carbons (Fsp3) is 0.0500. The molecule has 28 heavy (non-hydrogen) atoms. The minimum atomic E-state index is -0.445. The minimum absolute atomic E-state index is 0.381. The van der Waals surface area contributed by atoms with Crippen LogP contribution in [0.15, 0.2) is 68.2 Å². The summed E-state index contributed by atoms with van der Waals surface area (Å²) < 4.78 is 10.6. The number of thiazole rings is 1. The zero-order chi connectivity index (χ0) is 19.5. The van der Waals surface area contributed by atoms with E-state index in [2.05, 4.69) is 15.5 Å². The predicted octanol–water partition coefficient (Wildman–Crippen LogP) is 5.02. The van der Waals surface area contributed by atoms with Gasteiger partial charge in [0.05, 0.1) is 24.6 Å². The van der Waals surface area contributed by atoms with Crippen molar-refractivity contribution in [3.05, 3.63) is 74.9 Å². The summed E-state index contributed by atoms with van der Waals surface area (Å²) in [5.74, 6) is 0.685. The van der Waals surface area contributed by atoms with E-state index < -0.39 is 5.63 Å². The molecule has 0 radical (unpaired) electrons. The Kier molecular flexibility index (Phi) is 5.10. The van der Waals surface area contributed by atoms with Crippen LogP contribution >= 0.6 is 22.9 Å². The number of nitrogens with zero attached hydrogens (tertiary/aromatic N) is 2. The molecule has 0 fully saturated rings. The third-order valence-electron chi connectivity index (χ3n) is 3.96. The van der Waals surface area contributed by atoms with Crippen molar-refractivity contribution in [2.75, 3.05) is 12.5 Å². The van der Waals surface area contributed by atoms with Crippen molar-refractivity contribution in [1.82, 2.24) is 4.98 Å². The molecule has 8 heteroatoms. The van der Waals surface area contributed by atoms with Gasteiger partial charge < -0.3 is 9.15 Å². The molecule has 4 aromatic rings. The summed E-state index contributed by atoms with van der Waals surface area (Å²) in [5.41, 5.74) is 4.72. The number of rotatable bonds is 5. The molecule has 1 N–H and O–H groups in total. The predicted molar refractivity (Wildman–Crippen MR) is 113 cm³/mol. The van der Waals surface area contributed by atoms with E-state index >= 15 is 0 Å². The largest absolute Gasteiger partial charge is 0.497 e. The first-order valence-corrected chi connectivity index (χ1v) is 9.50. The Hall–Kier alpha value is -3.16. The van der Waals surface area contributed by atoms with Gasteiger partial charge in [0.1, 0.15) is 11.3 Å². The van der Waals surface area contributed by atoms with E-state index in [0.29, 0.717) is 32.7 Å². The Labute approximate surface area is 169 Å². The van der Waals surface area contributed by atoms with Crippen LogP contribution in [0.1, 0.15) is 5.56 Å². The van der Waals surface area contributed by atoms with Crippen molar-refractivity contribution in [2.24, 2.45) is 5.10 Å². The highest BCUT2D eigenvalue weighted by atomic mass is 35.5. The number of benzene rings is 2. The highest BCUT2D eigenvalue weighted by Gasteiger charge is 2.12. The highest BCUT2D eigenvalue weighted by molar-refractivity contribution is 7.14. The van der Waals surface area contributed by atoms with Gasteiger partial charge in [-0.2, -0.15) is 5.10 Å². The molecule has 0 spiro atoms. The van der Waals surface area contributed by atoms with Crippen molar-refractivity contribution in [3.63, 3.8) is 0 Å². The van der Waals surface area contributed by atoms with Gasteiger partial charge in [-0.25, -0.2) is 9.78 Å². The molecule has 0 saturated heterocycles. The molecule has 0 atom stereocenters. The number of aromatic nitrogens is 1. The molecule has 0 saturated carbocycles. The maximum atomic E-state index is 12.3. The third-order valence-corrected chi connectivity index (χ3v) is 4.96. The lowest BCUT2D eigenvalue weighted by molar-refractivity contribution is 0.415. The van der Waals surface area contributed by atoms with Gasteiger partial charge in [-0.3, -0.25) is 5.43 Å². The van der Waals surface area contributed by atoms with Crippen LogP contribution in [0.5, 0.6) is 5.75 Å². The molecule has 0 amide bonds. The minimum Gasteiger partial charge on any atom is -0.497 e. The van der Waals surface area contributed by atoms with E-state index in [1.54, 1.807) is 49.0 Å². The van der Waals surface area contributed by atoms with Crippen LogP contribution in [0.4, 0.5) is 5.13 Å². The lowest BCUT2D eigenvalue weighted by atomic mass is 10.1. The highest BCUT2D eigenvalue weighted by Crippen LogP contribution is 2.27. The normalized spacial score (nSPS) is 11.2. The first-order chi connectivity index (χ1) is 13.6. The molecular weight excluding hydrogens is 398 g/mol. The number of hydrogen-bond acceptors (Lipinski definition) is 7. The van der Waals surface area contributed by atoms with Gasteiger partial charge in [-0.05, 0) is 42.0 Å². The summed E-state index contributed by atoms with van der Waals surface area (Å²) >= 11 is 7.20. The first-order valence-electron chi connectivity index (χ1n) is 8.25. The summed E-state index contributed by atoms with van der Waals surface area (Å²) in [4.78, 5) is 16.7. The summed E-state index contributed by atoms with van der Waals surface area (Å²) in [6.07, 6.45) is 1.66. The third kappa shape index (κ3) is 3.90. The number of methoxy groups -OCH3 is 1. The maximum absolute atomic E-state index is 12.3. The maximum Gasteiger partial charge on any atom is 0.345 e. The summed E-state index contributed by atoms with van der Waals surface area (Å²) in [6, 6.07) is 14.3. The van der Waals surface area contributed by atoms with Crippen LogP contribution in [0.3, 0.4) is 0 Å². The standard InChI is InChI=1S/C20H14ClN3O3S/c1-26-15-6-7-18-13(8-15)9-16(19(25)27-18)17-11-28-20(23-17)24-22-10-12-2-4-14(21)5-3-12/h2-11H,1H3,(H,23,24). The van der Waals surface area contributed by atoms with Crippen LogP contribution in [-0.2, 0) is 0 Å². The van der Waals surface area contributed by atoms with E-state index in [1.807, 2.05) is 18.2 Å². The molecule has 2 aromatic carbocycles. The molecule has 0 unspecified atom stereocenters. The second kappa shape index (κ2) is 7.84. The van der Waals surface area contributed by atoms with Gasteiger partial charge in [-0.15, -0.1) is 11.3 Å². The SMILES string of the molecule is COc1ccc2oc(=O)c(-c3csc(NN=Cc4ccc(Cl)cc4)n3)cc2c1. The molecule has 0 aliphatic heterocycles. The van der Waals surface area contributed by atoms with Crippen molar-refractivity contribution in [1.29, 1.82) is 0 Å². The van der Waals surface area contributed by atoms with Crippen molar-refractivity contribution >= 4 is 45.3 Å². The van der Waals surface area contributed by atoms with E-state index in [1.165, 1.54) is 11.3 Å². The summed E-state index contributed by atoms with van der Waals surface area (Å²) in [6.45, 7) is 0. The molecule has 0 aliphatic carbocycles. The zero-order valence-corrected chi connectivity index (χ0v) is 16.3. The summed E-state index contributed by atoms with van der Waals surface area (Å²) in [5, 5.41) is 7.92. The second-order valence-electron chi connectivity index (χ2n) is 5.81. The van der Waals surface area contributed by atoms with Crippen LogP contribution < -0.4 is 15.8 Å². The molecule has 0 bridgehead atoms. The smallest absolute Gasteiger partial charge is 0.345 e. The Morgan fingerprint density at radius 1 is 1.21 bits per heavy atom. The fourth-order valence-electron chi connectivity index (χ4n) is 2.57. The van der Waals surface area contributed by atoms with Gasteiger partial charge in [0, 0.05) is 15.8 Å². The second-order valence-corrected chi connectivity index (χ2v) is 7.11. The molecular formula is C20H14ClN3O3S. The van der Waals surface area contributed by atoms with Gasteiger partial charge in [0.2, 0.25) is 5.13 Å². The molecule has 6 nitrogen and oxygen atoms in total. The number of hydrogen-bond donors (Lipinski definition) is 1. The average molecular weight is 412 g/mol. The number of halogens is 1. The van der Waals surface area contributed by atoms with Gasteiger partial charge >= 0.3 is 5.63 Å². The van der Waals surface area contributed by atoms with E-state index in [9.17, 15) is 4.79 Å². The lowest BCUT2D eigenvalue weighted by Gasteiger charge is -2.03. The van der Waals surface area contributed by atoms with E-state index in [-0.39, 0.29) is 0 Å². The first kappa shape index (κ1) is 18.2. The van der Waals surface area contributed by atoms with Crippen LogP contribution in [-0.4, -0.2) is 18.3 Å². The average Bonchev–Trinajstić information content (AvgIpc) is 3.17. The number of fused-ring (bicyclic) bond motifs is 1. The van der Waals surface area contributed by atoms with Gasteiger partial charge in [-0.1, -0.05) is 23.7 Å². The van der Waals surface area contributed by atoms with Crippen molar-refractivity contribution < 1.29 is 9.15 Å². The number of ether oxygens (including phenoxy) is 1. The Morgan fingerprint density at radius 3 is 2.82 bits per heavy atom. The molecule has 2 heterocycles. The van der Waals surface area contributed by atoms with Crippen molar-refractivity contribution in [2.45, 2.75) is 0 Å². The Morgan fingerprint density at radius 2 is 2.04 bits per heavy atom. The van der Waals surface area contributed by atoms with Crippen LogP contribution in [0.2, 0.25) is 5.02 Å². The number of hydrazone groups is 1. The lowest BCUT2D eigenvalue weighted by Crippen LogP contribution is -2.03. The van der Waals surface area contributed by atoms with Gasteiger partial charge in [0.15, 0.2) is 0 Å². The molecule has 0 aliphatic rings. The van der Waals surface area contributed by atoms with Crippen molar-refractivity contribution in [3.8, 4) is 17.0 Å². The summed E-state index contributed by atoms with van der Waals surface area (Å²) in [7, 11) is 1.59. The molecule has 4 rings (SSSR count). The molecule has 140 valence electrons. The quantitative estimate of drug-likeness (QED) is 0.283.